The third-order valence-corrected chi connectivity index (χ3v) is 6.18. The van der Waals surface area contributed by atoms with Gasteiger partial charge < -0.3 is 19.4 Å². The quantitative estimate of drug-likeness (QED) is 0.719. The van der Waals surface area contributed by atoms with Crippen molar-refractivity contribution in [2.24, 2.45) is 0 Å². The predicted octanol–water partition coefficient (Wildman–Crippen LogP) is 4.10. The summed E-state index contributed by atoms with van der Waals surface area (Å²) in [6, 6.07) is 8.32. The van der Waals surface area contributed by atoms with Gasteiger partial charge in [0.1, 0.15) is 17.1 Å². The zero-order valence-corrected chi connectivity index (χ0v) is 16.7. The lowest BCUT2D eigenvalue weighted by atomic mass is 9.91. The van der Waals surface area contributed by atoms with E-state index in [9.17, 15) is 4.79 Å². The number of carbonyl (C=O) groups excluding carboxylic acids is 1. The summed E-state index contributed by atoms with van der Waals surface area (Å²) in [7, 11) is 5.88. The number of likely N-dealkylation sites (N-methyl/N-ethyl adjacent to an activating group) is 1. The number of carbonyl (C=O) groups is 1. The SMILES string of the molecule is COc1ccsc1CC(=O)Nc1ccc2oc3c(c2c1)CC(N(C)C)CC3. The highest BCUT2D eigenvalue weighted by Gasteiger charge is 2.25. The molecule has 0 aliphatic heterocycles. The van der Waals surface area contributed by atoms with Crippen LogP contribution in [0, 0.1) is 0 Å². The maximum atomic E-state index is 12.5. The first kappa shape index (κ1) is 18.1. The maximum Gasteiger partial charge on any atom is 0.229 e. The van der Waals surface area contributed by atoms with Crippen LogP contribution in [0.4, 0.5) is 5.69 Å². The molecular formula is C21H24N2O3S. The fraction of sp³-hybridized carbons (Fsp3) is 0.381. The Labute approximate surface area is 162 Å². The zero-order valence-electron chi connectivity index (χ0n) is 15.9. The number of hydrogen-bond donors (Lipinski definition) is 1. The van der Waals surface area contributed by atoms with Gasteiger partial charge in [0.05, 0.1) is 18.4 Å². The van der Waals surface area contributed by atoms with Gasteiger partial charge in [-0.05, 0) is 56.6 Å². The van der Waals surface area contributed by atoms with Gasteiger partial charge in [-0.2, -0.15) is 0 Å². The highest BCUT2D eigenvalue weighted by atomic mass is 32.1. The van der Waals surface area contributed by atoms with Gasteiger partial charge in [-0.15, -0.1) is 11.3 Å². The molecule has 142 valence electrons. The summed E-state index contributed by atoms with van der Waals surface area (Å²) in [6.45, 7) is 0. The Bertz CT molecular complexity index is 973. The van der Waals surface area contributed by atoms with Crippen LogP contribution in [0.25, 0.3) is 11.0 Å². The van der Waals surface area contributed by atoms with Crippen molar-refractivity contribution >= 4 is 33.9 Å². The lowest BCUT2D eigenvalue weighted by Gasteiger charge is -2.27. The van der Waals surface area contributed by atoms with E-state index in [1.807, 2.05) is 29.6 Å². The van der Waals surface area contributed by atoms with Crippen molar-refractivity contribution in [2.45, 2.75) is 31.7 Å². The molecule has 1 unspecified atom stereocenters. The van der Waals surface area contributed by atoms with E-state index >= 15 is 0 Å². The molecule has 2 heterocycles. The fourth-order valence-electron chi connectivity index (χ4n) is 3.77. The Morgan fingerprint density at radius 1 is 1.37 bits per heavy atom. The highest BCUT2D eigenvalue weighted by molar-refractivity contribution is 7.10. The van der Waals surface area contributed by atoms with Crippen LogP contribution in [0.2, 0.25) is 0 Å². The first-order valence-electron chi connectivity index (χ1n) is 9.16. The molecule has 4 rings (SSSR count). The molecule has 0 radical (unpaired) electrons. The molecule has 27 heavy (non-hydrogen) atoms. The summed E-state index contributed by atoms with van der Waals surface area (Å²) in [4.78, 5) is 15.7. The Morgan fingerprint density at radius 3 is 3.00 bits per heavy atom. The molecule has 0 bridgehead atoms. The minimum absolute atomic E-state index is 0.0429. The van der Waals surface area contributed by atoms with Crippen LogP contribution in [0.15, 0.2) is 34.1 Å². The smallest absolute Gasteiger partial charge is 0.229 e. The van der Waals surface area contributed by atoms with Gasteiger partial charge in [-0.25, -0.2) is 0 Å². The number of anilines is 1. The van der Waals surface area contributed by atoms with E-state index in [0.717, 1.165) is 52.3 Å². The van der Waals surface area contributed by atoms with E-state index in [4.69, 9.17) is 9.15 Å². The molecule has 2 aromatic heterocycles. The summed E-state index contributed by atoms with van der Waals surface area (Å²) >= 11 is 1.53. The Morgan fingerprint density at radius 2 is 2.22 bits per heavy atom. The Balaban J connectivity index is 1.55. The van der Waals surface area contributed by atoms with Crippen molar-refractivity contribution in [1.29, 1.82) is 0 Å². The van der Waals surface area contributed by atoms with Crippen molar-refractivity contribution in [3.63, 3.8) is 0 Å². The number of hydrogen-bond acceptors (Lipinski definition) is 5. The van der Waals surface area contributed by atoms with E-state index in [-0.39, 0.29) is 5.91 Å². The molecule has 1 N–H and O–H groups in total. The number of fused-ring (bicyclic) bond motifs is 3. The van der Waals surface area contributed by atoms with E-state index < -0.39 is 0 Å². The molecule has 1 atom stereocenters. The second-order valence-corrected chi connectivity index (χ2v) is 8.21. The normalized spacial score (nSPS) is 16.5. The average molecular weight is 385 g/mol. The lowest BCUT2D eigenvalue weighted by molar-refractivity contribution is -0.115. The second kappa shape index (κ2) is 7.37. The molecule has 5 nitrogen and oxygen atoms in total. The van der Waals surface area contributed by atoms with Gasteiger partial charge in [-0.1, -0.05) is 0 Å². The number of aryl methyl sites for hydroxylation is 1. The number of amides is 1. The van der Waals surface area contributed by atoms with Crippen LogP contribution >= 0.6 is 11.3 Å². The monoisotopic (exact) mass is 384 g/mol. The topological polar surface area (TPSA) is 54.7 Å². The first-order valence-corrected chi connectivity index (χ1v) is 10.0. The van der Waals surface area contributed by atoms with Crippen molar-refractivity contribution in [3.8, 4) is 5.75 Å². The number of ether oxygens (including phenoxy) is 1. The number of nitrogens with zero attached hydrogens (tertiary/aromatic N) is 1. The molecule has 0 spiro atoms. The van der Waals surface area contributed by atoms with Crippen molar-refractivity contribution < 1.29 is 13.9 Å². The first-order chi connectivity index (χ1) is 13.0. The Kier molecular flexibility index (Phi) is 4.93. The summed E-state index contributed by atoms with van der Waals surface area (Å²) in [5, 5.41) is 6.07. The van der Waals surface area contributed by atoms with E-state index in [0.29, 0.717) is 12.5 Å². The van der Waals surface area contributed by atoms with Gasteiger partial charge in [0.15, 0.2) is 0 Å². The molecule has 3 aromatic rings. The molecule has 0 saturated heterocycles. The van der Waals surface area contributed by atoms with Crippen LogP contribution < -0.4 is 10.1 Å². The van der Waals surface area contributed by atoms with Gasteiger partial charge in [-0.3, -0.25) is 4.79 Å². The van der Waals surface area contributed by atoms with Crippen LogP contribution in [0.5, 0.6) is 5.75 Å². The van der Waals surface area contributed by atoms with Gasteiger partial charge >= 0.3 is 0 Å². The summed E-state index contributed by atoms with van der Waals surface area (Å²) in [5.41, 5.74) is 2.99. The summed E-state index contributed by atoms with van der Waals surface area (Å²) in [5.74, 6) is 1.82. The minimum Gasteiger partial charge on any atom is -0.496 e. The van der Waals surface area contributed by atoms with E-state index in [1.165, 1.54) is 16.9 Å². The van der Waals surface area contributed by atoms with Gasteiger partial charge in [0, 0.05) is 29.1 Å². The molecule has 1 amide bonds. The number of furan rings is 1. The number of methoxy groups -OCH3 is 1. The van der Waals surface area contributed by atoms with Crippen LogP contribution in [-0.4, -0.2) is 38.1 Å². The van der Waals surface area contributed by atoms with Crippen molar-refractivity contribution in [2.75, 3.05) is 26.5 Å². The van der Waals surface area contributed by atoms with Crippen molar-refractivity contribution in [3.05, 3.63) is 45.8 Å². The Hall–Kier alpha value is -2.31. The molecule has 0 fully saturated rings. The standard InChI is InChI=1S/C21H24N2O3S/c1-23(2)14-5-7-18-16(11-14)15-10-13(4-6-17(15)26-18)22-21(24)12-20-19(25-3)8-9-27-20/h4,6,8-10,14H,5,7,11-12H2,1-3H3,(H,22,24). The third-order valence-electron chi connectivity index (χ3n) is 5.28. The average Bonchev–Trinajstić information content (AvgIpc) is 3.24. The molecule has 1 aliphatic rings. The van der Waals surface area contributed by atoms with Crippen LogP contribution in [0.3, 0.4) is 0 Å². The molecule has 1 aliphatic carbocycles. The van der Waals surface area contributed by atoms with Crippen molar-refractivity contribution in [1.82, 2.24) is 4.90 Å². The van der Waals surface area contributed by atoms with E-state index in [2.05, 4.69) is 24.3 Å². The summed E-state index contributed by atoms with van der Waals surface area (Å²) < 4.78 is 11.3. The molecular weight excluding hydrogens is 360 g/mol. The fourth-order valence-corrected chi connectivity index (χ4v) is 4.61. The zero-order chi connectivity index (χ0) is 19.0. The van der Waals surface area contributed by atoms with E-state index in [1.54, 1.807) is 7.11 Å². The molecule has 1 aromatic carbocycles. The lowest BCUT2D eigenvalue weighted by Crippen LogP contribution is -2.33. The minimum atomic E-state index is -0.0429. The number of thiophene rings is 1. The second-order valence-electron chi connectivity index (χ2n) is 7.21. The number of nitrogens with one attached hydrogen (secondary N) is 1. The van der Waals surface area contributed by atoms with Gasteiger partial charge in [0.25, 0.3) is 0 Å². The number of benzene rings is 1. The third kappa shape index (κ3) is 3.59. The molecule has 0 saturated carbocycles. The highest BCUT2D eigenvalue weighted by Crippen LogP contribution is 2.34. The van der Waals surface area contributed by atoms with Crippen LogP contribution in [0.1, 0.15) is 22.6 Å². The maximum absolute atomic E-state index is 12.5. The predicted molar refractivity (Wildman–Crippen MR) is 109 cm³/mol. The van der Waals surface area contributed by atoms with Crippen LogP contribution in [-0.2, 0) is 24.1 Å². The largest absolute Gasteiger partial charge is 0.496 e. The number of rotatable bonds is 5. The van der Waals surface area contributed by atoms with Gasteiger partial charge in [0.2, 0.25) is 5.91 Å². The summed E-state index contributed by atoms with van der Waals surface area (Å²) in [6.07, 6.45) is 3.38. The molecule has 6 heteroatoms.